The number of nitrogens with two attached hydrogens (primary N) is 1. The van der Waals surface area contributed by atoms with E-state index in [2.05, 4.69) is 41.0 Å². The summed E-state index contributed by atoms with van der Waals surface area (Å²) in [6.45, 7) is 8.11. The first-order chi connectivity index (χ1) is 20.2. The maximum absolute atomic E-state index is 13.8. The van der Waals surface area contributed by atoms with Gasteiger partial charge in [-0.25, -0.2) is 9.78 Å². The van der Waals surface area contributed by atoms with E-state index >= 15 is 0 Å². The fourth-order valence-corrected chi connectivity index (χ4v) is 5.70. The normalized spacial score (nSPS) is 17.4. The van der Waals surface area contributed by atoms with E-state index in [0.717, 1.165) is 31.2 Å². The lowest BCUT2D eigenvalue weighted by atomic mass is 9.81. The molecule has 230 valence electrons. The molecule has 1 aliphatic carbocycles. The molecular weight excluding hydrogens is 534 g/mol. The molecule has 1 aromatic heterocycles. The molecule has 0 saturated heterocycles. The number of amides is 3. The molecule has 3 amide bonds. The van der Waals surface area contributed by atoms with Gasteiger partial charge in [0, 0.05) is 19.0 Å². The summed E-state index contributed by atoms with van der Waals surface area (Å²) in [6.07, 6.45) is 8.84. The Morgan fingerprint density at radius 1 is 1.12 bits per heavy atom. The number of rotatable bonds is 16. The van der Waals surface area contributed by atoms with Crippen LogP contribution in [0.1, 0.15) is 70.1 Å². The number of benzene rings is 1. The van der Waals surface area contributed by atoms with Gasteiger partial charge in [0.2, 0.25) is 5.91 Å². The number of carbonyl (C=O) groups excluding carboxylic acids is 3. The third-order valence-corrected chi connectivity index (χ3v) is 8.19. The summed E-state index contributed by atoms with van der Waals surface area (Å²) < 4.78 is 5.15. The largest absolute Gasteiger partial charge is 0.436 e. The van der Waals surface area contributed by atoms with Crippen molar-refractivity contribution in [2.45, 2.75) is 95.9 Å². The number of nitrogens with zero attached hydrogens (tertiary/aromatic N) is 1. The van der Waals surface area contributed by atoms with Crippen LogP contribution in [-0.4, -0.2) is 57.3 Å². The van der Waals surface area contributed by atoms with Gasteiger partial charge >= 0.3 is 6.09 Å². The van der Waals surface area contributed by atoms with E-state index < -0.39 is 42.2 Å². The minimum absolute atomic E-state index is 0.0908. The zero-order valence-corrected chi connectivity index (χ0v) is 24.8. The standard InChI is InChI=1S/C32H47N5O5/c1-4-24(21(2)3)17-28(38)26(15-22-11-7-5-8-12-22)36-30(39)27(18-25-19-34-20-35-25)37-31(40)29(42-32(33)41)16-23-13-9-6-10-14-23/h4,6,9-10,13-14,19-22,24,26-29,38H,1,5,7-8,11-12,15-18H2,2-3H3,(H2,33,41)(H,34,35)(H,36,39)(H,37,40)/t24-,26-,27-,28-,29+/m0/s1. The first-order valence-corrected chi connectivity index (χ1v) is 15.0. The average molecular weight is 582 g/mol. The molecular formula is C32H47N5O5. The molecule has 10 heteroatoms. The van der Waals surface area contributed by atoms with Gasteiger partial charge in [-0.3, -0.25) is 9.59 Å². The van der Waals surface area contributed by atoms with E-state index in [1.54, 1.807) is 6.20 Å². The van der Waals surface area contributed by atoms with Gasteiger partial charge in [0.25, 0.3) is 5.91 Å². The van der Waals surface area contributed by atoms with Crippen LogP contribution in [0.2, 0.25) is 0 Å². The number of aromatic amines is 1. The number of allylic oxidation sites excluding steroid dienone is 1. The molecule has 0 radical (unpaired) electrons. The van der Waals surface area contributed by atoms with E-state index in [4.69, 9.17) is 10.5 Å². The summed E-state index contributed by atoms with van der Waals surface area (Å²) >= 11 is 0. The quantitative estimate of drug-likeness (QED) is 0.190. The van der Waals surface area contributed by atoms with Crippen molar-refractivity contribution in [3.8, 4) is 0 Å². The molecule has 42 heavy (non-hydrogen) atoms. The third-order valence-electron chi connectivity index (χ3n) is 8.19. The Kier molecular flexibility index (Phi) is 13.1. The fourth-order valence-electron chi connectivity index (χ4n) is 5.70. The van der Waals surface area contributed by atoms with Crippen LogP contribution in [0.15, 0.2) is 55.5 Å². The van der Waals surface area contributed by atoms with Crippen LogP contribution in [0, 0.1) is 17.8 Å². The van der Waals surface area contributed by atoms with Crippen LogP contribution in [0.3, 0.4) is 0 Å². The number of carbonyl (C=O) groups is 3. The van der Waals surface area contributed by atoms with Gasteiger partial charge < -0.3 is 31.2 Å². The molecule has 6 N–H and O–H groups in total. The minimum atomic E-state index is -1.23. The molecule has 2 aromatic rings. The highest BCUT2D eigenvalue weighted by Gasteiger charge is 2.33. The Morgan fingerprint density at radius 3 is 2.43 bits per heavy atom. The van der Waals surface area contributed by atoms with Crippen LogP contribution >= 0.6 is 0 Å². The van der Waals surface area contributed by atoms with Crippen LogP contribution in [0.5, 0.6) is 0 Å². The molecule has 0 aliphatic heterocycles. The number of nitrogens with one attached hydrogen (secondary N) is 3. The van der Waals surface area contributed by atoms with Crippen molar-refractivity contribution in [2.75, 3.05) is 0 Å². The number of primary amides is 1. The van der Waals surface area contributed by atoms with Crippen LogP contribution in [0.4, 0.5) is 4.79 Å². The van der Waals surface area contributed by atoms with Gasteiger partial charge in [0.1, 0.15) is 6.04 Å². The smallest absolute Gasteiger partial charge is 0.405 e. The highest BCUT2D eigenvalue weighted by molar-refractivity contribution is 5.90. The molecule has 10 nitrogen and oxygen atoms in total. The van der Waals surface area contributed by atoms with Gasteiger partial charge in [0.05, 0.1) is 24.2 Å². The molecule has 1 fully saturated rings. The number of aromatic nitrogens is 2. The molecule has 0 unspecified atom stereocenters. The topological polar surface area (TPSA) is 159 Å². The van der Waals surface area contributed by atoms with Gasteiger partial charge in [0.15, 0.2) is 6.10 Å². The van der Waals surface area contributed by atoms with E-state index in [9.17, 15) is 19.5 Å². The maximum Gasteiger partial charge on any atom is 0.405 e. The number of imidazole rings is 1. The predicted molar refractivity (Wildman–Crippen MR) is 161 cm³/mol. The van der Waals surface area contributed by atoms with Crippen molar-refractivity contribution >= 4 is 17.9 Å². The number of H-pyrrole nitrogens is 1. The Morgan fingerprint density at radius 2 is 1.83 bits per heavy atom. The Bertz CT molecular complexity index is 1120. The number of aliphatic hydroxyl groups is 1. The first kappa shape index (κ1) is 32.8. The predicted octanol–water partition coefficient (Wildman–Crippen LogP) is 3.81. The Balaban J connectivity index is 1.80. The van der Waals surface area contributed by atoms with Crippen LogP contribution < -0.4 is 16.4 Å². The zero-order chi connectivity index (χ0) is 30.5. The summed E-state index contributed by atoms with van der Waals surface area (Å²) in [5.74, 6) is -0.303. The zero-order valence-electron chi connectivity index (χ0n) is 24.8. The summed E-state index contributed by atoms with van der Waals surface area (Å²) in [7, 11) is 0. The highest BCUT2D eigenvalue weighted by Crippen LogP contribution is 2.30. The van der Waals surface area contributed by atoms with Crippen molar-refractivity contribution < 1.29 is 24.2 Å². The van der Waals surface area contributed by atoms with Crippen molar-refractivity contribution in [3.05, 3.63) is 66.8 Å². The summed E-state index contributed by atoms with van der Waals surface area (Å²) in [5, 5.41) is 17.2. The fraction of sp³-hybridized carbons (Fsp3) is 0.562. The van der Waals surface area contributed by atoms with Gasteiger partial charge in [-0.15, -0.1) is 6.58 Å². The first-order valence-electron chi connectivity index (χ1n) is 15.0. The van der Waals surface area contributed by atoms with Crippen molar-refractivity contribution in [1.29, 1.82) is 0 Å². The number of aliphatic hydroxyl groups excluding tert-OH is 1. The molecule has 1 aromatic carbocycles. The maximum atomic E-state index is 13.8. The second kappa shape index (κ2) is 16.7. The van der Waals surface area contributed by atoms with Gasteiger partial charge in [-0.2, -0.15) is 0 Å². The average Bonchev–Trinajstić information content (AvgIpc) is 3.48. The number of hydrogen-bond donors (Lipinski definition) is 5. The lowest BCUT2D eigenvalue weighted by Gasteiger charge is -2.33. The van der Waals surface area contributed by atoms with Gasteiger partial charge in [-0.05, 0) is 36.2 Å². The van der Waals surface area contributed by atoms with E-state index in [1.165, 1.54) is 12.7 Å². The summed E-state index contributed by atoms with van der Waals surface area (Å²) in [6, 6.07) is 7.56. The van der Waals surface area contributed by atoms with Crippen LogP contribution in [0.25, 0.3) is 0 Å². The lowest BCUT2D eigenvalue weighted by Crippen LogP contribution is -2.56. The minimum Gasteiger partial charge on any atom is -0.436 e. The molecule has 0 spiro atoms. The molecule has 1 heterocycles. The monoisotopic (exact) mass is 581 g/mol. The van der Waals surface area contributed by atoms with Gasteiger partial charge in [-0.1, -0.05) is 82.4 Å². The highest BCUT2D eigenvalue weighted by atomic mass is 16.6. The van der Waals surface area contributed by atoms with E-state index in [0.29, 0.717) is 30.4 Å². The Hall–Kier alpha value is -3.66. The molecule has 3 rings (SSSR count). The SMILES string of the molecule is C=C[C@@H](C[C@H](O)[C@H](CC1CCCCC1)NC(=O)[C@H](Cc1c[nH]cn1)NC(=O)[C@@H](Cc1ccccc1)OC(N)=O)C(C)C. The second-order valence-electron chi connectivity index (χ2n) is 11.7. The third kappa shape index (κ3) is 10.6. The van der Waals surface area contributed by atoms with E-state index in [1.807, 2.05) is 36.4 Å². The van der Waals surface area contributed by atoms with Crippen molar-refractivity contribution in [3.63, 3.8) is 0 Å². The molecule has 1 aliphatic rings. The summed E-state index contributed by atoms with van der Waals surface area (Å²) in [5.41, 5.74) is 6.62. The second-order valence-corrected chi connectivity index (χ2v) is 11.7. The Labute approximate surface area is 248 Å². The van der Waals surface area contributed by atoms with E-state index in [-0.39, 0.29) is 18.8 Å². The number of hydrogen-bond acceptors (Lipinski definition) is 6. The molecule has 5 atom stereocenters. The number of ether oxygens (including phenoxy) is 1. The lowest BCUT2D eigenvalue weighted by molar-refractivity contribution is -0.134. The van der Waals surface area contributed by atoms with Crippen molar-refractivity contribution in [1.82, 2.24) is 20.6 Å². The summed E-state index contributed by atoms with van der Waals surface area (Å²) in [4.78, 5) is 46.0. The van der Waals surface area contributed by atoms with Crippen LogP contribution in [-0.2, 0) is 27.2 Å². The molecule has 0 bridgehead atoms. The molecule has 1 saturated carbocycles. The van der Waals surface area contributed by atoms with Crippen molar-refractivity contribution in [2.24, 2.45) is 23.5 Å².